The molecule has 0 atom stereocenters. The van der Waals surface area contributed by atoms with Crippen molar-refractivity contribution >= 4 is 45.1 Å². The Balaban J connectivity index is 1.27. The molecule has 10 heteroatoms. The van der Waals surface area contributed by atoms with E-state index in [-0.39, 0.29) is 0 Å². The van der Waals surface area contributed by atoms with Gasteiger partial charge in [-0.15, -0.1) is 22.7 Å². The fourth-order valence-electron chi connectivity index (χ4n) is 3.23. The van der Waals surface area contributed by atoms with Crippen LogP contribution in [0.5, 0.6) is 5.19 Å². The van der Waals surface area contributed by atoms with Gasteiger partial charge >= 0.3 is 0 Å². The molecule has 0 aromatic carbocycles. The average Bonchev–Trinajstić information content (AvgIpc) is 3.50. The van der Waals surface area contributed by atoms with E-state index < -0.39 is 0 Å². The Hall–Kier alpha value is -2.04. The van der Waals surface area contributed by atoms with E-state index in [9.17, 15) is 0 Å². The van der Waals surface area contributed by atoms with Gasteiger partial charge in [0, 0.05) is 23.8 Å². The van der Waals surface area contributed by atoms with Crippen LogP contribution in [-0.2, 0) is 0 Å². The number of rotatable bonds is 5. The lowest BCUT2D eigenvalue weighted by molar-refractivity contribution is 0.209. The molecule has 0 unspecified atom stereocenters. The molecule has 3 aromatic rings. The Kier molecular flexibility index (Phi) is 5.24. The van der Waals surface area contributed by atoms with Gasteiger partial charge in [-0.05, 0) is 32.1 Å². The summed E-state index contributed by atoms with van der Waals surface area (Å²) in [6.45, 7) is 1.80. The van der Waals surface area contributed by atoms with Gasteiger partial charge in [-0.1, -0.05) is 11.3 Å². The Morgan fingerprint density at radius 1 is 1.07 bits per heavy atom. The fourth-order valence-corrected chi connectivity index (χ4v) is 5.64. The van der Waals surface area contributed by atoms with Crippen molar-refractivity contribution in [2.75, 3.05) is 18.4 Å². The number of hydrogen-bond donors (Lipinski definition) is 2. The second-order valence-electron chi connectivity index (χ2n) is 6.73. The lowest BCUT2D eigenvalue weighted by atomic mass is 10.3. The topological polar surface area (TPSA) is 84.3 Å². The second kappa shape index (κ2) is 8.14. The quantitative estimate of drug-likeness (QED) is 0.619. The highest BCUT2D eigenvalue weighted by atomic mass is 32.1. The number of nitrogens with one attached hydrogen (secondary N) is 2. The van der Waals surface area contributed by atoms with Crippen LogP contribution in [0.3, 0.4) is 0 Å². The molecule has 0 bridgehead atoms. The highest BCUT2D eigenvalue weighted by Gasteiger charge is 2.19. The number of hydrogen-bond acceptors (Lipinski definition) is 10. The smallest absolute Gasteiger partial charge is 0.274 e. The number of ether oxygens (including phenoxy) is 1. The van der Waals surface area contributed by atoms with Crippen molar-refractivity contribution in [1.29, 1.82) is 0 Å². The van der Waals surface area contributed by atoms with E-state index in [2.05, 4.69) is 25.6 Å². The maximum atomic E-state index is 5.99. The zero-order valence-electron chi connectivity index (χ0n) is 15.2. The maximum Gasteiger partial charge on any atom is 0.274 e. The summed E-state index contributed by atoms with van der Waals surface area (Å²) in [5, 5.41) is 13.1. The molecule has 0 spiro atoms. The lowest BCUT2D eigenvalue weighted by Crippen LogP contribution is -2.35. The first-order valence-electron chi connectivity index (χ1n) is 9.43. The van der Waals surface area contributed by atoms with Crippen molar-refractivity contribution < 1.29 is 4.74 Å². The van der Waals surface area contributed by atoms with Crippen molar-refractivity contribution in [3.05, 3.63) is 17.0 Å². The Bertz CT molecular complexity index is 972. The highest BCUT2D eigenvalue weighted by molar-refractivity contribution is 7.22. The van der Waals surface area contributed by atoms with E-state index in [1.165, 1.54) is 12.8 Å². The summed E-state index contributed by atoms with van der Waals surface area (Å²) in [4.78, 5) is 19.3. The van der Waals surface area contributed by atoms with Gasteiger partial charge in [0.05, 0.1) is 11.1 Å². The molecule has 5 rings (SSSR count). The number of aliphatic imine (C=N–C) groups is 1. The molecule has 1 saturated carbocycles. The first-order chi connectivity index (χ1) is 13.8. The van der Waals surface area contributed by atoms with Crippen molar-refractivity contribution in [1.82, 2.24) is 20.3 Å². The summed E-state index contributed by atoms with van der Waals surface area (Å²) in [6.07, 6.45) is 8.05. The lowest BCUT2D eigenvalue weighted by Gasteiger charge is -2.13. The molecule has 1 aliphatic carbocycles. The van der Waals surface area contributed by atoms with Crippen LogP contribution in [0.1, 0.15) is 32.1 Å². The monoisotopic (exact) mass is 432 g/mol. The molecule has 2 aliphatic rings. The fraction of sp³-hybridized carbons (Fsp3) is 0.444. The van der Waals surface area contributed by atoms with Gasteiger partial charge in [0.1, 0.15) is 22.5 Å². The Morgan fingerprint density at radius 2 is 1.93 bits per heavy atom. The van der Waals surface area contributed by atoms with Crippen LogP contribution in [0, 0.1) is 0 Å². The van der Waals surface area contributed by atoms with Crippen molar-refractivity contribution in [3.8, 4) is 26.5 Å². The van der Waals surface area contributed by atoms with Crippen LogP contribution in [-0.4, -0.2) is 40.1 Å². The third kappa shape index (κ3) is 4.03. The average molecular weight is 433 g/mol. The van der Waals surface area contributed by atoms with Crippen LogP contribution in [0.2, 0.25) is 0 Å². The molecule has 7 nitrogen and oxygen atoms in total. The highest BCUT2D eigenvalue weighted by Crippen LogP contribution is 2.36. The minimum absolute atomic E-state index is 0.329. The zero-order chi connectivity index (χ0) is 18.8. The van der Waals surface area contributed by atoms with Crippen LogP contribution in [0.15, 0.2) is 21.9 Å². The molecule has 146 valence electrons. The van der Waals surface area contributed by atoms with Crippen molar-refractivity contribution in [2.45, 2.75) is 38.2 Å². The zero-order valence-corrected chi connectivity index (χ0v) is 17.6. The number of thiazole rings is 3. The molecular formula is C18H20N6OS3. The molecule has 0 amide bonds. The predicted molar refractivity (Wildman–Crippen MR) is 116 cm³/mol. The SMILES string of the molecule is c1sc(NC2=NCCCN2)nc1-c1csc(-c2cnc(OC3CCCC3)s2)n1. The molecular weight excluding hydrogens is 412 g/mol. The third-order valence-electron chi connectivity index (χ3n) is 4.66. The molecule has 3 aromatic heterocycles. The van der Waals surface area contributed by atoms with Crippen LogP contribution >= 0.6 is 34.0 Å². The summed E-state index contributed by atoms with van der Waals surface area (Å²) in [5.41, 5.74) is 1.76. The van der Waals surface area contributed by atoms with E-state index >= 15 is 0 Å². The number of aromatic nitrogens is 3. The summed E-state index contributed by atoms with van der Waals surface area (Å²) in [5.74, 6) is 0.797. The van der Waals surface area contributed by atoms with Crippen LogP contribution in [0.25, 0.3) is 21.3 Å². The van der Waals surface area contributed by atoms with Gasteiger partial charge < -0.3 is 15.4 Å². The van der Waals surface area contributed by atoms with Crippen molar-refractivity contribution in [3.63, 3.8) is 0 Å². The predicted octanol–water partition coefficient (Wildman–Crippen LogP) is 4.47. The van der Waals surface area contributed by atoms with Gasteiger partial charge in [-0.25, -0.2) is 15.0 Å². The molecule has 4 heterocycles. The molecule has 2 N–H and O–H groups in total. The third-order valence-corrected chi connectivity index (χ3v) is 7.32. The standard InChI is InChI=1S/C18H20N6OS3/c1-2-5-11(4-1)25-18-21-8-14(28-18)15-22-12(9-26-15)13-10-27-17(23-13)24-16-19-6-3-7-20-16/h8-11H,1-7H2,(H2,19,20,23,24). The molecule has 1 aliphatic heterocycles. The van der Waals surface area contributed by atoms with Crippen LogP contribution < -0.4 is 15.4 Å². The number of guanidine groups is 1. The molecule has 0 radical (unpaired) electrons. The summed E-state index contributed by atoms with van der Waals surface area (Å²) >= 11 is 4.74. The first-order valence-corrected chi connectivity index (χ1v) is 12.0. The summed E-state index contributed by atoms with van der Waals surface area (Å²) in [6, 6.07) is 0. The van der Waals surface area contributed by atoms with Gasteiger partial charge in [0.2, 0.25) is 0 Å². The largest absolute Gasteiger partial charge is 0.467 e. The van der Waals surface area contributed by atoms with Gasteiger partial charge in [0.15, 0.2) is 11.1 Å². The van der Waals surface area contributed by atoms with E-state index in [0.717, 1.165) is 69.9 Å². The normalized spacial score (nSPS) is 17.4. The summed E-state index contributed by atoms with van der Waals surface area (Å²) in [7, 11) is 0. The minimum atomic E-state index is 0.329. The van der Waals surface area contributed by atoms with E-state index in [1.54, 1.807) is 34.0 Å². The number of nitrogens with zero attached hydrogens (tertiary/aromatic N) is 4. The number of anilines is 1. The van der Waals surface area contributed by atoms with Crippen LogP contribution in [0.4, 0.5) is 5.13 Å². The molecule has 1 fully saturated rings. The maximum absolute atomic E-state index is 5.99. The van der Waals surface area contributed by atoms with E-state index in [1.807, 2.05) is 17.0 Å². The second-order valence-corrected chi connectivity index (χ2v) is 9.44. The Morgan fingerprint density at radius 3 is 2.79 bits per heavy atom. The van der Waals surface area contributed by atoms with Crippen molar-refractivity contribution in [2.24, 2.45) is 4.99 Å². The summed E-state index contributed by atoms with van der Waals surface area (Å²) < 4.78 is 5.99. The minimum Gasteiger partial charge on any atom is -0.467 e. The molecule has 0 saturated heterocycles. The van der Waals surface area contributed by atoms with Gasteiger partial charge in [-0.2, -0.15) is 0 Å². The van der Waals surface area contributed by atoms with E-state index in [0.29, 0.717) is 6.10 Å². The van der Waals surface area contributed by atoms with Gasteiger partial charge in [0.25, 0.3) is 5.19 Å². The van der Waals surface area contributed by atoms with E-state index in [4.69, 9.17) is 9.72 Å². The molecule has 28 heavy (non-hydrogen) atoms. The van der Waals surface area contributed by atoms with Gasteiger partial charge in [-0.3, -0.25) is 4.99 Å². The first kappa shape index (κ1) is 18.0. The Labute approximate surface area is 175 Å².